The van der Waals surface area contributed by atoms with E-state index in [1.54, 1.807) is 18.6 Å². The van der Waals surface area contributed by atoms with Gasteiger partial charge in [0, 0.05) is 41.2 Å². The summed E-state index contributed by atoms with van der Waals surface area (Å²) in [6.45, 7) is 0. The van der Waals surface area contributed by atoms with Crippen molar-refractivity contribution in [1.82, 2.24) is 24.9 Å². The Morgan fingerprint density at radius 1 is 1.04 bits per heavy atom. The molecule has 0 saturated carbocycles. The van der Waals surface area contributed by atoms with E-state index in [1.807, 2.05) is 48.1 Å². The molecule has 24 heavy (non-hydrogen) atoms. The number of halogens is 1. The van der Waals surface area contributed by atoms with Crippen molar-refractivity contribution in [3.8, 4) is 34.1 Å². The second-order valence-electron chi connectivity index (χ2n) is 5.24. The van der Waals surface area contributed by atoms with E-state index in [0.29, 0.717) is 11.7 Å². The zero-order valence-corrected chi connectivity index (χ0v) is 14.3. The van der Waals surface area contributed by atoms with Gasteiger partial charge in [-0.1, -0.05) is 23.4 Å². The Labute approximate surface area is 146 Å². The molecule has 0 saturated heterocycles. The minimum absolute atomic E-state index is 0.435. The largest absolute Gasteiger partial charge is 0.334 e. The molecule has 0 aliphatic rings. The molecule has 0 unspecified atom stereocenters. The summed E-state index contributed by atoms with van der Waals surface area (Å²) in [5.74, 6) is 0.971. The summed E-state index contributed by atoms with van der Waals surface area (Å²) in [5, 5.41) is 8.29. The fourth-order valence-corrected chi connectivity index (χ4v) is 2.83. The SMILES string of the molecule is Cn1nccc1-c1cccc(-c2noc(-c3cncc(Br)c3)n2)c1. The molecular weight excluding hydrogens is 370 g/mol. The highest BCUT2D eigenvalue weighted by Gasteiger charge is 2.12. The fourth-order valence-electron chi connectivity index (χ4n) is 2.46. The topological polar surface area (TPSA) is 69.6 Å². The summed E-state index contributed by atoms with van der Waals surface area (Å²) in [6, 6.07) is 11.8. The average Bonchev–Trinajstić information content (AvgIpc) is 3.24. The Morgan fingerprint density at radius 2 is 1.92 bits per heavy atom. The van der Waals surface area contributed by atoms with E-state index < -0.39 is 0 Å². The van der Waals surface area contributed by atoms with Crippen molar-refractivity contribution in [3.05, 3.63) is 59.5 Å². The highest BCUT2D eigenvalue weighted by molar-refractivity contribution is 9.10. The number of rotatable bonds is 3. The summed E-state index contributed by atoms with van der Waals surface area (Å²) in [5.41, 5.74) is 3.72. The quantitative estimate of drug-likeness (QED) is 0.537. The maximum absolute atomic E-state index is 5.37. The number of hydrogen-bond donors (Lipinski definition) is 0. The lowest BCUT2D eigenvalue weighted by Crippen LogP contribution is -1.93. The van der Waals surface area contributed by atoms with Crippen LogP contribution in [0.4, 0.5) is 0 Å². The van der Waals surface area contributed by atoms with Crippen molar-refractivity contribution in [2.24, 2.45) is 7.05 Å². The summed E-state index contributed by atoms with van der Waals surface area (Å²) in [7, 11) is 1.91. The van der Waals surface area contributed by atoms with Gasteiger partial charge in [0.05, 0.1) is 11.3 Å². The minimum Gasteiger partial charge on any atom is -0.334 e. The van der Waals surface area contributed by atoms with Crippen LogP contribution in [0.15, 0.2) is 64.0 Å². The van der Waals surface area contributed by atoms with Crippen molar-refractivity contribution in [2.75, 3.05) is 0 Å². The molecule has 4 aromatic rings. The summed E-state index contributed by atoms with van der Waals surface area (Å²) in [6.07, 6.45) is 5.17. The first-order chi connectivity index (χ1) is 11.7. The van der Waals surface area contributed by atoms with Crippen LogP contribution >= 0.6 is 15.9 Å². The maximum Gasteiger partial charge on any atom is 0.259 e. The third kappa shape index (κ3) is 2.74. The molecule has 3 aromatic heterocycles. The van der Waals surface area contributed by atoms with Gasteiger partial charge >= 0.3 is 0 Å². The molecular formula is C17H12BrN5O. The molecule has 0 aliphatic carbocycles. The number of pyridine rings is 1. The molecule has 0 spiro atoms. The number of nitrogens with zero attached hydrogens (tertiary/aromatic N) is 5. The van der Waals surface area contributed by atoms with Crippen molar-refractivity contribution >= 4 is 15.9 Å². The molecule has 0 fully saturated rings. The second-order valence-corrected chi connectivity index (χ2v) is 6.15. The van der Waals surface area contributed by atoms with E-state index in [1.165, 1.54) is 0 Å². The van der Waals surface area contributed by atoms with Crippen molar-refractivity contribution in [2.45, 2.75) is 0 Å². The van der Waals surface area contributed by atoms with Gasteiger partial charge in [0.15, 0.2) is 0 Å². The van der Waals surface area contributed by atoms with Crippen molar-refractivity contribution in [1.29, 1.82) is 0 Å². The molecule has 6 nitrogen and oxygen atoms in total. The standard InChI is InChI=1S/C17H12BrN5O/c1-23-15(5-6-20-23)11-3-2-4-12(7-11)16-21-17(24-22-16)13-8-14(18)10-19-9-13/h2-10H,1H3. The van der Waals surface area contributed by atoms with Gasteiger partial charge in [0.1, 0.15) is 0 Å². The summed E-state index contributed by atoms with van der Waals surface area (Å²) >= 11 is 3.39. The van der Waals surface area contributed by atoms with Crippen LogP contribution in [0.3, 0.4) is 0 Å². The molecule has 4 rings (SSSR count). The van der Waals surface area contributed by atoms with Crippen LogP contribution in [0, 0.1) is 0 Å². The van der Waals surface area contributed by atoms with Crippen LogP contribution in [0.25, 0.3) is 34.1 Å². The highest BCUT2D eigenvalue weighted by Crippen LogP contribution is 2.27. The van der Waals surface area contributed by atoms with E-state index in [4.69, 9.17) is 4.52 Å². The van der Waals surface area contributed by atoms with Gasteiger partial charge < -0.3 is 4.52 Å². The lowest BCUT2D eigenvalue weighted by atomic mass is 10.1. The lowest BCUT2D eigenvalue weighted by molar-refractivity contribution is 0.432. The van der Waals surface area contributed by atoms with E-state index in [2.05, 4.69) is 36.2 Å². The van der Waals surface area contributed by atoms with Crippen LogP contribution in [0.2, 0.25) is 0 Å². The Bertz CT molecular complexity index is 1010. The van der Waals surface area contributed by atoms with Gasteiger partial charge in [-0.25, -0.2) is 0 Å². The minimum atomic E-state index is 0.435. The fraction of sp³-hybridized carbons (Fsp3) is 0.0588. The number of aryl methyl sites for hydroxylation is 1. The Morgan fingerprint density at radius 3 is 2.71 bits per heavy atom. The van der Waals surface area contributed by atoms with Crippen LogP contribution in [0.5, 0.6) is 0 Å². The predicted molar refractivity (Wildman–Crippen MR) is 92.9 cm³/mol. The Balaban J connectivity index is 1.72. The average molecular weight is 382 g/mol. The monoisotopic (exact) mass is 381 g/mol. The molecule has 0 radical (unpaired) electrons. The molecule has 7 heteroatoms. The zero-order chi connectivity index (χ0) is 16.5. The third-order valence-electron chi connectivity index (χ3n) is 3.62. The van der Waals surface area contributed by atoms with Crippen LogP contribution in [-0.4, -0.2) is 24.9 Å². The van der Waals surface area contributed by atoms with Crippen molar-refractivity contribution < 1.29 is 4.52 Å². The normalized spacial score (nSPS) is 10.9. The number of benzene rings is 1. The molecule has 1 aromatic carbocycles. The zero-order valence-electron chi connectivity index (χ0n) is 12.7. The predicted octanol–water partition coefficient (Wildman–Crippen LogP) is 3.96. The van der Waals surface area contributed by atoms with E-state index >= 15 is 0 Å². The van der Waals surface area contributed by atoms with Gasteiger partial charge in [0.25, 0.3) is 5.89 Å². The number of aromatic nitrogens is 5. The first kappa shape index (κ1) is 14.8. The molecule has 0 aliphatic heterocycles. The second kappa shape index (κ2) is 6.01. The van der Waals surface area contributed by atoms with Gasteiger partial charge in [0.2, 0.25) is 5.82 Å². The molecule has 3 heterocycles. The molecule has 118 valence electrons. The van der Waals surface area contributed by atoms with Gasteiger partial charge in [-0.2, -0.15) is 10.1 Å². The van der Waals surface area contributed by atoms with E-state index in [-0.39, 0.29) is 0 Å². The third-order valence-corrected chi connectivity index (χ3v) is 4.05. The molecule has 0 amide bonds. The van der Waals surface area contributed by atoms with Crippen LogP contribution < -0.4 is 0 Å². The molecule has 0 N–H and O–H groups in total. The van der Waals surface area contributed by atoms with E-state index in [0.717, 1.165) is 26.9 Å². The van der Waals surface area contributed by atoms with Crippen LogP contribution in [-0.2, 0) is 7.05 Å². The first-order valence-electron chi connectivity index (χ1n) is 7.24. The van der Waals surface area contributed by atoms with Gasteiger partial charge in [-0.15, -0.1) is 0 Å². The Kier molecular flexibility index (Phi) is 3.70. The van der Waals surface area contributed by atoms with Crippen molar-refractivity contribution in [3.63, 3.8) is 0 Å². The lowest BCUT2D eigenvalue weighted by Gasteiger charge is -2.03. The summed E-state index contributed by atoms with van der Waals surface area (Å²) < 4.78 is 8.06. The number of hydrogen-bond acceptors (Lipinski definition) is 5. The highest BCUT2D eigenvalue weighted by atomic mass is 79.9. The smallest absolute Gasteiger partial charge is 0.259 e. The van der Waals surface area contributed by atoms with Gasteiger partial charge in [-0.3, -0.25) is 9.67 Å². The molecule has 0 atom stereocenters. The Hall–Kier alpha value is -2.80. The summed E-state index contributed by atoms with van der Waals surface area (Å²) in [4.78, 5) is 8.59. The first-order valence-corrected chi connectivity index (χ1v) is 8.03. The van der Waals surface area contributed by atoms with E-state index in [9.17, 15) is 0 Å². The molecule has 0 bridgehead atoms. The maximum atomic E-state index is 5.37. The van der Waals surface area contributed by atoms with Gasteiger partial charge in [-0.05, 0) is 34.1 Å². The van der Waals surface area contributed by atoms with Crippen LogP contribution in [0.1, 0.15) is 0 Å².